The van der Waals surface area contributed by atoms with Crippen LogP contribution >= 0.6 is 0 Å². The number of nitrogens with zero attached hydrogens (tertiary/aromatic N) is 3. The summed E-state index contributed by atoms with van der Waals surface area (Å²) in [6, 6.07) is 2.81. The van der Waals surface area contributed by atoms with Gasteiger partial charge in [0, 0.05) is 32.6 Å². The third kappa shape index (κ3) is 5.17. The van der Waals surface area contributed by atoms with E-state index in [1.807, 2.05) is 11.0 Å². The molecule has 33 heavy (non-hydrogen) atoms. The van der Waals surface area contributed by atoms with Gasteiger partial charge in [0.25, 0.3) is 0 Å². The summed E-state index contributed by atoms with van der Waals surface area (Å²) in [5, 5.41) is 23.5. The molecule has 0 aromatic carbocycles. The van der Waals surface area contributed by atoms with Crippen molar-refractivity contribution >= 4 is 11.8 Å². The fourth-order valence-electron chi connectivity index (χ4n) is 5.77. The molecule has 0 radical (unpaired) electrons. The predicted molar refractivity (Wildman–Crippen MR) is 124 cm³/mol. The third-order valence-electron chi connectivity index (χ3n) is 7.79. The molecule has 2 amide bonds. The number of piperazine rings is 1. The van der Waals surface area contributed by atoms with Gasteiger partial charge in [0.1, 0.15) is 17.3 Å². The maximum Gasteiger partial charge on any atom is 0.246 e. The Bertz CT molecular complexity index is 829. The second-order valence-electron chi connectivity index (χ2n) is 10.2. The van der Waals surface area contributed by atoms with Gasteiger partial charge in [0.15, 0.2) is 0 Å². The number of amides is 2. The SMILES string of the molecule is CCCCN1C(=O)[C@@H](CC2(O)CCCCC2)NC(=O)C12CCN(Cc1ccc(O)cn1)CC2. The molecule has 2 saturated heterocycles. The normalized spacial score (nSPS) is 25.3. The van der Waals surface area contributed by atoms with Crippen molar-refractivity contribution in [3.05, 3.63) is 24.0 Å². The summed E-state index contributed by atoms with van der Waals surface area (Å²) in [5.41, 5.74) is -0.791. The van der Waals surface area contributed by atoms with E-state index in [0.29, 0.717) is 58.3 Å². The zero-order chi connectivity index (χ0) is 23.5. The highest BCUT2D eigenvalue weighted by atomic mass is 16.3. The molecule has 182 valence electrons. The van der Waals surface area contributed by atoms with Crippen molar-refractivity contribution in [1.82, 2.24) is 20.1 Å². The zero-order valence-corrected chi connectivity index (χ0v) is 19.8. The molecule has 3 aliphatic rings. The van der Waals surface area contributed by atoms with Crippen LogP contribution in [0.5, 0.6) is 5.75 Å². The van der Waals surface area contributed by atoms with Gasteiger partial charge in [-0.05, 0) is 44.2 Å². The van der Waals surface area contributed by atoms with Crippen molar-refractivity contribution in [1.29, 1.82) is 0 Å². The number of aliphatic hydroxyl groups is 1. The standard InChI is InChI=1S/C25H38N4O4/c1-2-3-13-29-22(31)21(16-24(33)9-5-4-6-10-24)27-23(32)25(29)11-14-28(15-12-25)18-19-7-8-20(30)17-26-19/h7-8,17,21,30,33H,2-6,9-16,18H2,1H3,(H,27,32)/t21-/m1/s1. The van der Waals surface area contributed by atoms with Gasteiger partial charge < -0.3 is 20.4 Å². The average Bonchev–Trinajstić information content (AvgIpc) is 2.81. The number of rotatable bonds is 7. The van der Waals surface area contributed by atoms with E-state index in [9.17, 15) is 19.8 Å². The third-order valence-corrected chi connectivity index (χ3v) is 7.79. The maximum absolute atomic E-state index is 13.6. The molecule has 3 fully saturated rings. The largest absolute Gasteiger partial charge is 0.506 e. The first-order chi connectivity index (χ1) is 15.8. The minimum Gasteiger partial charge on any atom is -0.506 e. The lowest BCUT2D eigenvalue weighted by molar-refractivity contribution is -0.163. The minimum absolute atomic E-state index is 0.0318. The average molecular weight is 459 g/mol. The van der Waals surface area contributed by atoms with E-state index in [-0.39, 0.29) is 17.6 Å². The highest BCUT2D eigenvalue weighted by Crippen LogP contribution is 2.37. The molecule has 2 aliphatic heterocycles. The molecule has 4 rings (SSSR count). The van der Waals surface area contributed by atoms with Crippen molar-refractivity contribution in [2.75, 3.05) is 19.6 Å². The van der Waals surface area contributed by atoms with E-state index in [0.717, 1.165) is 37.8 Å². The van der Waals surface area contributed by atoms with Crippen LogP contribution < -0.4 is 5.32 Å². The molecular weight excluding hydrogens is 420 g/mol. The molecule has 1 spiro atoms. The van der Waals surface area contributed by atoms with E-state index in [1.165, 1.54) is 6.20 Å². The summed E-state index contributed by atoms with van der Waals surface area (Å²) >= 11 is 0. The van der Waals surface area contributed by atoms with Crippen LogP contribution in [-0.4, -0.2) is 73.6 Å². The lowest BCUT2D eigenvalue weighted by Crippen LogP contribution is -2.73. The van der Waals surface area contributed by atoms with Crippen molar-refractivity contribution < 1.29 is 19.8 Å². The van der Waals surface area contributed by atoms with E-state index in [4.69, 9.17) is 0 Å². The summed E-state index contributed by atoms with van der Waals surface area (Å²) in [7, 11) is 0. The van der Waals surface area contributed by atoms with E-state index in [1.54, 1.807) is 6.07 Å². The monoisotopic (exact) mass is 458 g/mol. The predicted octanol–water partition coefficient (Wildman–Crippen LogP) is 2.33. The zero-order valence-electron chi connectivity index (χ0n) is 19.8. The number of aromatic nitrogens is 1. The number of likely N-dealkylation sites (tertiary alicyclic amines) is 1. The van der Waals surface area contributed by atoms with Crippen LogP contribution in [-0.2, 0) is 16.1 Å². The number of carbonyl (C=O) groups is 2. The smallest absolute Gasteiger partial charge is 0.246 e. The van der Waals surface area contributed by atoms with Crippen LogP contribution in [0.2, 0.25) is 0 Å². The van der Waals surface area contributed by atoms with Crippen molar-refractivity contribution in [2.24, 2.45) is 0 Å². The Labute approximate surface area is 196 Å². The van der Waals surface area contributed by atoms with Gasteiger partial charge in [-0.2, -0.15) is 0 Å². The number of pyridine rings is 1. The first-order valence-electron chi connectivity index (χ1n) is 12.6. The Hall–Kier alpha value is -2.19. The summed E-state index contributed by atoms with van der Waals surface area (Å²) in [5.74, 6) is 0.0495. The van der Waals surface area contributed by atoms with Crippen LogP contribution in [0.25, 0.3) is 0 Å². The van der Waals surface area contributed by atoms with Gasteiger partial charge in [-0.3, -0.25) is 19.5 Å². The summed E-state index contributed by atoms with van der Waals surface area (Å²) in [4.78, 5) is 35.5. The Kier molecular flexibility index (Phi) is 7.24. The Morgan fingerprint density at radius 3 is 2.48 bits per heavy atom. The molecule has 0 bridgehead atoms. The highest BCUT2D eigenvalue weighted by Gasteiger charge is 2.54. The molecule has 1 aromatic heterocycles. The number of piperidine rings is 1. The highest BCUT2D eigenvalue weighted by molar-refractivity contribution is 6.00. The minimum atomic E-state index is -0.854. The topological polar surface area (TPSA) is 106 Å². The van der Waals surface area contributed by atoms with Gasteiger partial charge in [0.2, 0.25) is 11.8 Å². The molecular formula is C25H38N4O4. The van der Waals surface area contributed by atoms with Gasteiger partial charge in [-0.1, -0.05) is 32.6 Å². The Balaban J connectivity index is 1.46. The second-order valence-corrected chi connectivity index (χ2v) is 10.2. The van der Waals surface area contributed by atoms with E-state index >= 15 is 0 Å². The number of aromatic hydroxyl groups is 1. The number of hydrogen-bond donors (Lipinski definition) is 3. The fraction of sp³-hybridized carbons (Fsp3) is 0.720. The van der Waals surface area contributed by atoms with Crippen LogP contribution in [0.15, 0.2) is 18.3 Å². The van der Waals surface area contributed by atoms with Gasteiger partial charge in [-0.25, -0.2) is 0 Å². The molecule has 3 heterocycles. The van der Waals surface area contributed by atoms with Crippen LogP contribution in [0.3, 0.4) is 0 Å². The number of carbonyl (C=O) groups excluding carboxylic acids is 2. The first-order valence-corrected chi connectivity index (χ1v) is 12.6. The number of unbranched alkanes of at least 4 members (excludes halogenated alkanes) is 1. The Morgan fingerprint density at radius 2 is 1.85 bits per heavy atom. The quantitative estimate of drug-likeness (QED) is 0.579. The molecule has 8 heteroatoms. The van der Waals surface area contributed by atoms with Crippen molar-refractivity contribution in [3.8, 4) is 5.75 Å². The fourth-order valence-corrected chi connectivity index (χ4v) is 5.77. The molecule has 0 unspecified atom stereocenters. The number of nitrogens with one attached hydrogen (secondary N) is 1. The lowest BCUT2D eigenvalue weighted by atomic mass is 9.77. The molecule has 3 N–H and O–H groups in total. The van der Waals surface area contributed by atoms with Crippen LogP contribution in [0, 0.1) is 0 Å². The molecule has 1 aromatic rings. The second kappa shape index (κ2) is 9.97. The van der Waals surface area contributed by atoms with Crippen molar-refractivity contribution in [2.45, 2.75) is 94.9 Å². The van der Waals surface area contributed by atoms with Crippen LogP contribution in [0.4, 0.5) is 0 Å². The van der Waals surface area contributed by atoms with E-state index in [2.05, 4.69) is 22.1 Å². The Morgan fingerprint density at radius 1 is 1.12 bits per heavy atom. The molecule has 1 saturated carbocycles. The summed E-state index contributed by atoms with van der Waals surface area (Å²) in [6.07, 6.45) is 9.21. The maximum atomic E-state index is 13.6. The molecule has 8 nitrogen and oxygen atoms in total. The van der Waals surface area contributed by atoms with Crippen LogP contribution in [0.1, 0.15) is 76.8 Å². The van der Waals surface area contributed by atoms with Gasteiger partial charge in [0.05, 0.1) is 17.5 Å². The van der Waals surface area contributed by atoms with E-state index < -0.39 is 17.2 Å². The van der Waals surface area contributed by atoms with Crippen molar-refractivity contribution in [3.63, 3.8) is 0 Å². The van der Waals surface area contributed by atoms with Gasteiger partial charge in [-0.15, -0.1) is 0 Å². The summed E-state index contributed by atoms with van der Waals surface area (Å²) < 4.78 is 0. The molecule has 1 atom stereocenters. The van der Waals surface area contributed by atoms with Gasteiger partial charge >= 0.3 is 0 Å². The first kappa shape index (κ1) is 24.0. The lowest BCUT2D eigenvalue weighted by Gasteiger charge is -2.52. The summed E-state index contributed by atoms with van der Waals surface area (Å²) in [6.45, 7) is 4.71. The molecule has 1 aliphatic carbocycles. The number of hydrogen-bond acceptors (Lipinski definition) is 6.